The van der Waals surface area contributed by atoms with Crippen LogP contribution in [0, 0.1) is 5.92 Å². The Bertz CT molecular complexity index is 1520. The van der Waals surface area contributed by atoms with Crippen molar-refractivity contribution in [2.75, 3.05) is 26.7 Å². The van der Waals surface area contributed by atoms with Crippen molar-refractivity contribution in [3.8, 4) is 5.75 Å². The second kappa shape index (κ2) is 9.62. The van der Waals surface area contributed by atoms with E-state index in [-0.39, 0.29) is 35.5 Å². The number of fused-ring (bicyclic) bond motifs is 3. The quantitative estimate of drug-likeness (QED) is 0.422. The molecule has 1 unspecified atom stereocenters. The maximum absolute atomic E-state index is 13.9. The van der Waals surface area contributed by atoms with Gasteiger partial charge in [0.15, 0.2) is 17.2 Å². The average molecular weight is 487 g/mol. The summed E-state index contributed by atoms with van der Waals surface area (Å²) in [5.74, 6) is 0.142. The van der Waals surface area contributed by atoms with Crippen LogP contribution in [0.15, 0.2) is 59.4 Å². The molecule has 4 aromatic rings. The van der Waals surface area contributed by atoms with Crippen molar-refractivity contribution in [1.82, 2.24) is 14.0 Å². The van der Waals surface area contributed by atoms with Crippen LogP contribution in [0.1, 0.15) is 33.7 Å². The SMILES string of the molecule is COc1c(C(=O)N2CCCC(CN)C2)n(C)c2c1c(=O)n(CC(=O)c1ccccc1)c1ccccc21. The number of amides is 1. The number of aromatic nitrogens is 2. The fourth-order valence-electron chi connectivity index (χ4n) is 5.37. The lowest BCUT2D eigenvalue weighted by Crippen LogP contribution is -2.42. The fraction of sp³-hybridized carbons (Fsp3) is 0.321. The highest BCUT2D eigenvalue weighted by Gasteiger charge is 2.32. The van der Waals surface area contributed by atoms with Gasteiger partial charge in [0, 0.05) is 31.1 Å². The zero-order valence-corrected chi connectivity index (χ0v) is 20.6. The van der Waals surface area contributed by atoms with E-state index in [1.54, 1.807) is 40.8 Å². The molecule has 36 heavy (non-hydrogen) atoms. The molecule has 1 aliphatic rings. The Hall–Kier alpha value is -3.91. The number of benzene rings is 2. The standard InChI is InChI=1S/C28H30N4O4/c1-30-24-20-12-6-7-13-21(20)32(17-22(33)19-10-4-3-5-11-19)27(34)23(24)26(36-2)25(30)28(35)31-14-8-9-18(15-29)16-31/h3-7,10-13,18H,8-9,14-17,29H2,1-2H3. The second-order valence-corrected chi connectivity index (χ2v) is 9.36. The first-order valence-electron chi connectivity index (χ1n) is 12.2. The predicted molar refractivity (Wildman–Crippen MR) is 140 cm³/mol. The number of piperidine rings is 1. The molecule has 1 saturated heterocycles. The number of carbonyl (C=O) groups is 2. The van der Waals surface area contributed by atoms with Gasteiger partial charge in [0.05, 0.1) is 24.7 Å². The number of para-hydroxylation sites is 1. The summed E-state index contributed by atoms with van der Waals surface area (Å²) in [6.07, 6.45) is 1.88. The molecule has 0 bridgehead atoms. The lowest BCUT2D eigenvalue weighted by Gasteiger charge is -2.32. The molecule has 0 spiro atoms. The van der Waals surface area contributed by atoms with Gasteiger partial charge in [-0.1, -0.05) is 48.5 Å². The second-order valence-electron chi connectivity index (χ2n) is 9.36. The lowest BCUT2D eigenvalue weighted by atomic mass is 9.98. The Morgan fingerprint density at radius 1 is 1.08 bits per heavy atom. The van der Waals surface area contributed by atoms with Gasteiger partial charge in [0.25, 0.3) is 11.5 Å². The summed E-state index contributed by atoms with van der Waals surface area (Å²) in [7, 11) is 3.26. The van der Waals surface area contributed by atoms with Crippen molar-refractivity contribution in [2.24, 2.45) is 18.7 Å². The van der Waals surface area contributed by atoms with Crippen molar-refractivity contribution in [3.63, 3.8) is 0 Å². The molecule has 0 aliphatic carbocycles. The Morgan fingerprint density at radius 3 is 2.53 bits per heavy atom. The Kier molecular flexibility index (Phi) is 6.36. The van der Waals surface area contributed by atoms with Gasteiger partial charge in [-0.2, -0.15) is 0 Å². The van der Waals surface area contributed by atoms with E-state index in [0.29, 0.717) is 47.3 Å². The van der Waals surface area contributed by atoms with Crippen LogP contribution in [0.5, 0.6) is 5.75 Å². The average Bonchev–Trinajstić information content (AvgIpc) is 3.23. The van der Waals surface area contributed by atoms with E-state index in [2.05, 4.69) is 0 Å². The molecule has 1 amide bonds. The number of hydrogen-bond donors (Lipinski definition) is 1. The lowest BCUT2D eigenvalue weighted by molar-refractivity contribution is 0.0665. The highest BCUT2D eigenvalue weighted by molar-refractivity contribution is 6.12. The van der Waals surface area contributed by atoms with Crippen LogP contribution >= 0.6 is 0 Å². The van der Waals surface area contributed by atoms with Crippen LogP contribution in [-0.2, 0) is 13.6 Å². The smallest absolute Gasteiger partial charge is 0.274 e. The van der Waals surface area contributed by atoms with Crippen LogP contribution in [-0.4, -0.2) is 52.5 Å². The van der Waals surface area contributed by atoms with Crippen LogP contribution in [0.2, 0.25) is 0 Å². The number of nitrogens with zero attached hydrogens (tertiary/aromatic N) is 3. The number of Topliss-reactive ketones (excluding diaryl/α,β-unsaturated/α-hetero) is 1. The number of rotatable bonds is 6. The van der Waals surface area contributed by atoms with Gasteiger partial charge in [-0.3, -0.25) is 19.0 Å². The third-order valence-corrected chi connectivity index (χ3v) is 7.20. The summed E-state index contributed by atoms with van der Waals surface area (Å²) in [4.78, 5) is 42.6. The minimum absolute atomic E-state index is 0.120. The molecule has 2 aromatic heterocycles. The van der Waals surface area contributed by atoms with Crippen molar-refractivity contribution >= 4 is 33.5 Å². The number of carbonyl (C=O) groups excluding carboxylic acids is 2. The monoisotopic (exact) mass is 486 g/mol. The third kappa shape index (κ3) is 3.87. The molecule has 186 valence electrons. The highest BCUT2D eigenvalue weighted by Crippen LogP contribution is 2.36. The summed E-state index contributed by atoms with van der Waals surface area (Å²) in [6, 6.07) is 16.4. The van der Waals surface area contributed by atoms with Crippen molar-refractivity contribution < 1.29 is 14.3 Å². The molecule has 8 heteroatoms. The maximum Gasteiger partial charge on any atom is 0.274 e. The zero-order valence-electron chi connectivity index (χ0n) is 20.6. The summed E-state index contributed by atoms with van der Waals surface area (Å²) in [6.45, 7) is 1.62. The van der Waals surface area contributed by atoms with E-state index < -0.39 is 0 Å². The molecule has 2 N–H and O–H groups in total. The Labute approximate surface area is 208 Å². The number of pyridine rings is 1. The Morgan fingerprint density at radius 2 is 1.81 bits per heavy atom. The Balaban J connectivity index is 1.71. The van der Waals surface area contributed by atoms with E-state index in [1.165, 1.54) is 11.7 Å². The summed E-state index contributed by atoms with van der Waals surface area (Å²) in [5.41, 5.74) is 7.64. The van der Waals surface area contributed by atoms with Gasteiger partial charge in [-0.15, -0.1) is 0 Å². The molecule has 3 heterocycles. The summed E-state index contributed by atoms with van der Waals surface area (Å²) in [5, 5.41) is 1.07. The van der Waals surface area contributed by atoms with Crippen LogP contribution < -0.4 is 16.0 Å². The molecule has 2 aromatic carbocycles. The molecule has 0 radical (unpaired) electrons. The predicted octanol–water partition coefficient (Wildman–Crippen LogP) is 3.20. The number of likely N-dealkylation sites (tertiary alicyclic amines) is 1. The number of ketones is 1. The topological polar surface area (TPSA) is 99.6 Å². The molecular weight excluding hydrogens is 456 g/mol. The summed E-state index contributed by atoms with van der Waals surface area (Å²) < 4.78 is 8.97. The molecule has 1 atom stereocenters. The number of nitrogens with two attached hydrogens (primary N) is 1. The minimum Gasteiger partial charge on any atom is -0.493 e. The van der Waals surface area contributed by atoms with E-state index in [9.17, 15) is 14.4 Å². The first-order valence-corrected chi connectivity index (χ1v) is 12.2. The van der Waals surface area contributed by atoms with Gasteiger partial charge in [-0.25, -0.2) is 0 Å². The molecule has 1 fully saturated rings. The molecule has 0 saturated carbocycles. The van der Waals surface area contributed by atoms with Crippen molar-refractivity contribution in [1.29, 1.82) is 0 Å². The minimum atomic E-state index is -0.363. The van der Waals surface area contributed by atoms with Crippen LogP contribution in [0.3, 0.4) is 0 Å². The fourth-order valence-corrected chi connectivity index (χ4v) is 5.37. The van der Waals surface area contributed by atoms with E-state index in [1.807, 2.05) is 30.3 Å². The van der Waals surface area contributed by atoms with Crippen LogP contribution in [0.4, 0.5) is 0 Å². The number of hydrogen-bond acceptors (Lipinski definition) is 5. The maximum atomic E-state index is 13.9. The van der Waals surface area contributed by atoms with Gasteiger partial charge in [0.2, 0.25) is 0 Å². The van der Waals surface area contributed by atoms with Gasteiger partial charge < -0.3 is 19.9 Å². The molecule has 8 nitrogen and oxygen atoms in total. The number of ether oxygens (including phenoxy) is 1. The molecular formula is C28H30N4O4. The van der Waals surface area contributed by atoms with Crippen molar-refractivity contribution in [3.05, 3.63) is 76.2 Å². The first kappa shape index (κ1) is 23.8. The van der Waals surface area contributed by atoms with Crippen molar-refractivity contribution in [2.45, 2.75) is 19.4 Å². The van der Waals surface area contributed by atoms with Crippen LogP contribution in [0.25, 0.3) is 21.8 Å². The molecule has 5 rings (SSSR count). The number of aryl methyl sites for hydroxylation is 1. The van der Waals surface area contributed by atoms with Gasteiger partial charge in [-0.05, 0) is 31.4 Å². The van der Waals surface area contributed by atoms with Gasteiger partial charge >= 0.3 is 0 Å². The zero-order chi connectivity index (χ0) is 25.4. The van der Waals surface area contributed by atoms with Gasteiger partial charge in [0.1, 0.15) is 5.39 Å². The third-order valence-electron chi connectivity index (χ3n) is 7.20. The normalized spacial score (nSPS) is 16.0. The van der Waals surface area contributed by atoms with E-state index >= 15 is 0 Å². The number of methoxy groups -OCH3 is 1. The highest BCUT2D eigenvalue weighted by atomic mass is 16.5. The molecule has 1 aliphatic heterocycles. The van der Waals surface area contributed by atoms with E-state index in [4.69, 9.17) is 10.5 Å². The summed E-state index contributed by atoms with van der Waals surface area (Å²) >= 11 is 0. The first-order chi connectivity index (χ1) is 17.5. The largest absolute Gasteiger partial charge is 0.493 e. The van der Waals surface area contributed by atoms with E-state index in [0.717, 1.165) is 18.2 Å².